The highest BCUT2D eigenvalue weighted by Crippen LogP contribution is 2.33. The fraction of sp³-hybridized carbons (Fsp3) is 0.645. The van der Waals surface area contributed by atoms with Gasteiger partial charge in [-0.15, -0.1) is 0 Å². The molecule has 2 fully saturated rings. The highest BCUT2D eigenvalue weighted by molar-refractivity contribution is 5.79. The summed E-state index contributed by atoms with van der Waals surface area (Å²) in [6.45, 7) is 12.9. The van der Waals surface area contributed by atoms with Gasteiger partial charge in [0.15, 0.2) is 0 Å². The number of hydrogen-bond acceptors (Lipinski definition) is 7. The Morgan fingerprint density at radius 2 is 2.08 bits per heavy atom. The van der Waals surface area contributed by atoms with E-state index in [1.807, 2.05) is 4.90 Å². The van der Waals surface area contributed by atoms with Crippen LogP contribution in [0.2, 0.25) is 0 Å². The minimum atomic E-state index is -0.220. The number of carbonyl (C=O) groups excluding carboxylic acids is 1. The molecule has 4 aliphatic rings. The van der Waals surface area contributed by atoms with Gasteiger partial charge < -0.3 is 24.0 Å². The summed E-state index contributed by atoms with van der Waals surface area (Å²) in [7, 11) is 1.74. The SMILES string of the molecule is COC1=CCC(C)C=C(N2CCc3ncnc(OCC4CCN(C(=O)C5CCOC(C)(C)C5)C4)c3C2)C=C1C. The van der Waals surface area contributed by atoms with Gasteiger partial charge in [-0.3, -0.25) is 4.79 Å². The lowest BCUT2D eigenvalue weighted by molar-refractivity contribution is -0.144. The summed E-state index contributed by atoms with van der Waals surface area (Å²) < 4.78 is 17.8. The number of methoxy groups -OCH3 is 1. The van der Waals surface area contributed by atoms with Crippen molar-refractivity contribution in [1.82, 2.24) is 19.8 Å². The van der Waals surface area contributed by atoms with Crippen LogP contribution in [0.15, 0.2) is 41.6 Å². The van der Waals surface area contributed by atoms with Gasteiger partial charge in [0.05, 0.1) is 37.1 Å². The summed E-state index contributed by atoms with van der Waals surface area (Å²) >= 11 is 0. The molecule has 0 radical (unpaired) electrons. The minimum absolute atomic E-state index is 0.0618. The number of hydrogen-bond donors (Lipinski definition) is 0. The molecule has 8 heteroatoms. The molecule has 0 bridgehead atoms. The third-order valence-corrected chi connectivity index (χ3v) is 8.53. The second kappa shape index (κ2) is 11.7. The number of aromatic nitrogens is 2. The van der Waals surface area contributed by atoms with Gasteiger partial charge in [0.1, 0.15) is 12.1 Å². The van der Waals surface area contributed by atoms with Gasteiger partial charge in [-0.2, -0.15) is 0 Å². The minimum Gasteiger partial charge on any atom is -0.497 e. The molecule has 3 aliphatic heterocycles. The molecule has 2 saturated heterocycles. The van der Waals surface area contributed by atoms with E-state index in [-0.39, 0.29) is 17.4 Å². The van der Waals surface area contributed by atoms with E-state index < -0.39 is 0 Å². The average Bonchev–Trinajstić information content (AvgIpc) is 3.38. The number of allylic oxidation sites excluding steroid dienone is 4. The average molecular weight is 537 g/mol. The third kappa shape index (κ3) is 6.48. The van der Waals surface area contributed by atoms with Crippen molar-refractivity contribution in [2.45, 2.75) is 71.9 Å². The van der Waals surface area contributed by atoms with Crippen LogP contribution in [0.5, 0.6) is 5.88 Å². The van der Waals surface area contributed by atoms with Crippen LogP contribution in [-0.4, -0.2) is 71.2 Å². The topological polar surface area (TPSA) is 77.0 Å². The first-order chi connectivity index (χ1) is 18.7. The van der Waals surface area contributed by atoms with E-state index in [0.717, 1.165) is 74.3 Å². The number of likely N-dealkylation sites (tertiary alicyclic amines) is 1. The zero-order valence-corrected chi connectivity index (χ0v) is 24.2. The summed E-state index contributed by atoms with van der Waals surface area (Å²) in [6.07, 6.45) is 12.8. The van der Waals surface area contributed by atoms with Crippen molar-refractivity contribution in [1.29, 1.82) is 0 Å². The van der Waals surface area contributed by atoms with Crippen LogP contribution in [0.4, 0.5) is 0 Å². The second-order valence-electron chi connectivity index (χ2n) is 12.2. The van der Waals surface area contributed by atoms with Crippen molar-refractivity contribution < 1.29 is 19.0 Å². The van der Waals surface area contributed by atoms with E-state index in [9.17, 15) is 4.79 Å². The predicted molar refractivity (Wildman–Crippen MR) is 150 cm³/mol. The Labute approximate surface area is 233 Å². The van der Waals surface area contributed by atoms with Crippen LogP contribution in [-0.2, 0) is 27.2 Å². The Hall–Kier alpha value is -2.87. The van der Waals surface area contributed by atoms with E-state index >= 15 is 0 Å². The fourth-order valence-electron chi connectivity index (χ4n) is 6.32. The second-order valence-corrected chi connectivity index (χ2v) is 12.2. The molecule has 4 heterocycles. The molecule has 1 aromatic rings. The lowest BCUT2D eigenvalue weighted by Gasteiger charge is -2.36. The number of carbonyl (C=O) groups is 1. The Balaban J connectivity index is 1.22. The normalized spacial score (nSPS) is 27.0. The van der Waals surface area contributed by atoms with E-state index in [0.29, 0.717) is 37.5 Å². The summed E-state index contributed by atoms with van der Waals surface area (Å²) in [6, 6.07) is 0. The molecule has 1 aliphatic carbocycles. The van der Waals surface area contributed by atoms with Crippen LogP contribution < -0.4 is 4.74 Å². The zero-order chi connectivity index (χ0) is 27.6. The fourth-order valence-corrected chi connectivity index (χ4v) is 6.32. The Kier molecular flexibility index (Phi) is 8.31. The van der Waals surface area contributed by atoms with Crippen LogP contribution in [0.1, 0.15) is 64.6 Å². The maximum Gasteiger partial charge on any atom is 0.225 e. The molecular weight excluding hydrogens is 492 g/mol. The lowest BCUT2D eigenvalue weighted by atomic mass is 9.87. The summed E-state index contributed by atoms with van der Waals surface area (Å²) in [5.74, 6) is 2.69. The van der Waals surface area contributed by atoms with E-state index in [4.69, 9.17) is 14.2 Å². The number of nitrogens with zero attached hydrogens (tertiary/aromatic N) is 4. The quantitative estimate of drug-likeness (QED) is 0.523. The van der Waals surface area contributed by atoms with Crippen molar-refractivity contribution in [3.05, 3.63) is 52.8 Å². The molecule has 5 rings (SSSR count). The van der Waals surface area contributed by atoms with Gasteiger partial charge in [-0.05, 0) is 70.1 Å². The van der Waals surface area contributed by atoms with Crippen molar-refractivity contribution >= 4 is 5.91 Å². The van der Waals surface area contributed by atoms with Gasteiger partial charge in [-0.1, -0.05) is 13.0 Å². The molecule has 3 unspecified atom stereocenters. The van der Waals surface area contributed by atoms with Crippen molar-refractivity contribution in [2.75, 3.05) is 40.0 Å². The summed E-state index contributed by atoms with van der Waals surface area (Å²) in [4.78, 5) is 26.8. The van der Waals surface area contributed by atoms with Crippen LogP contribution >= 0.6 is 0 Å². The van der Waals surface area contributed by atoms with Crippen molar-refractivity contribution in [3.63, 3.8) is 0 Å². The van der Waals surface area contributed by atoms with Gasteiger partial charge in [0, 0.05) is 50.2 Å². The molecule has 3 atom stereocenters. The molecule has 1 amide bonds. The van der Waals surface area contributed by atoms with Gasteiger partial charge in [0.25, 0.3) is 0 Å². The van der Waals surface area contributed by atoms with Crippen molar-refractivity contribution in [2.24, 2.45) is 17.8 Å². The van der Waals surface area contributed by atoms with E-state index in [1.165, 1.54) is 5.70 Å². The lowest BCUT2D eigenvalue weighted by Crippen LogP contribution is -2.42. The molecule has 8 nitrogen and oxygen atoms in total. The number of rotatable bonds is 6. The maximum atomic E-state index is 13.2. The Morgan fingerprint density at radius 1 is 1.23 bits per heavy atom. The molecular formula is C31H44N4O4. The first-order valence-corrected chi connectivity index (χ1v) is 14.5. The number of fused-ring (bicyclic) bond motifs is 1. The molecule has 0 spiro atoms. The van der Waals surface area contributed by atoms with Crippen LogP contribution in [0, 0.1) is 17.8 Å². The van der Waals surface area contributed by atoms with Gasteiger partial charge in [0.2, 0.25) is 11.8 Å². The van der Waals surface area contributed by atoms with Crippen molar-refractivity contribution in [3.8, 4) is 5.88 Å². The van der Waals surface area contributed by atoms with E-state index in [1.54, 1.807) is 13.4 Å². The highest BCUT2D eigenvalue weighted by Gasteiger charge is 2.37. The highest BCUT2D eigenvalue weighted by atomic mass is 16.5. The van der Waals surface area contributed by atoms with Gasteiger partial charge >= 0.3 is 0 Å². The summed E-state index contributed by atoms with van der Waals surface area (Å²) in [5.41, 5.74) is 4.26. The molecule has 39 heavy (non-hydrogen) atoms. The molecule has 1 aromatic heterocycles. The molecule has 0 aromatic carbocycles. The summed E-state index contributed by atoms with van der Waals surface area (Å²) in [5, 5.41) is 0. The molecule has 0 saturated carbocycles. The maximum absolute atomic E-state index is 13.2. The molecule has 212 valence electrons. The van der Waals surface area contributed by atoms with E-state index in [2.05, 4.69) is 60.8 Å². The number of amides is 1. The van der Waals surface area contributed by atoms with Crippen LogP contribution in [0.25, 0.3) is 0 Å². The third-order valence-electron chi connectivity index (χ3n) is 8.53. The first kappa shape index (κ1) is 27.7. The zero-order valence-electron chi connectivity index (χ0n) is 24.2. The van der Waals surface area contributed by atoms with Crippen LogP contribution in [0.3, 0.4) is 0 Å². The molecule has 0 N–H and O–H groups in total. The predicted octanol–water partition coefficient (Wildman–Crippen LogP) is 4.67. The Morgan fingerprint density at radius 3 is 2.87 bits per heavy atom. The largest absolute Gasteiger partial charge is 0.497 e. The first-order valence-electron chi connectivity index (χ1n) is 14.5. The van der Waals surface area contributed by atoms with Gasteiger partial charge in [-0.25, -0.2) is 9.97 Å². The monoisotopic (exact) mass is 536 g/mol. The standard InChI is InChI=1S/C31H44N4O4/c1-21-6-7-28(37-5)22(2)15-25(14-21)34-12-9-27-26(18-34)29(33-20-32-27)38-19-23-8-11-35(17-23)30(36)24-10-13-39-31(3,4)16-24/h7,14-15,20-21,23-24H,6,8-13,16-19H2,1-5H3. The smallest absolute Gasteiger partial charge is 0.225 e. The Bertz CT molecular complexity index is 1160. The number of ether oxygens (including phenoxy) is 3.